The highest BCUT2D eigenvalue weighted by Gasteiger charge is 2.06. The minimum atomic E-state index is 0.638. The lowest BCUT2D eigenvalue weighted by atomic mass is 10.1. The van der Waals surface area contributed by atoms with E-state index < -0.39 is 0 Å². The maximum Gasteiger partial charge on any atom is 0.0926 e. The Bertz CT molecular complexity index is 491. The van der Waals surface area contributed by atoms with E-state index in [-0.39, 0.29) is 0 Å². The molecule has 1 aromatic carbocycles. The van der Waals surface area contributed by atoms with Gasteiger partial charge in [-0.1, -0.05) is 22.0 Å². The fourth-order valence-electron chi connectivity index (χ4n) is 1.65. The van der Waals surface area contributed by atoms with Crippen LogP contribution in [0.25, 0.3) is 11.3 Å². The monoisotopic (exact) mass is 279 g/mol. The predicted octanol–water partition coefficient (Wildman–Crippen LogP) is 2.65. The van der Waals surface area contributed by atoms with Crippen LogP contribution in [0.2, 0.25) is 0 Å². The second-order valence-electron chi connectivity index (χ2n) is 3.78. The number of rotatable bonds is 3. The van der Waals surface area contributed by atoms with Gasteiger partial charge >= 0.3 is 0 Å². The molecule has 3 N–H and O–H groups in total. The third-order valence-electron chi connectivity index (χ3n) is 2.52. The molecule has 4 heteroatoms. The number of halogens is 1. The Hall–Kier alpha value is -1.13. The van der Waals surface area contributed by atoms with E-state index >= 15 is 0 Å². The van der Waals surface area contributed by atoms with E-state index in [2.05, 4.69) is 51.3 Å². The van der Waals surface area contributed by atoms with E-state index in [0.717, 1.165) is 27.8 Å². The normalized spacial score (nSPS) is 10.7. The molecule has 2 rings (SSSR count). The van der Waals surface area contributed by atoms with Crippen LogP contribution >= 0.6 is 15.9 Å². The van der Waals surface area contributed by atoms with Crippen LogP contribution in [0.15, 0.2) is 28.7 Å². The average molecular weight is 280 g/mol. The van der Waals surface area contributed by atoms with Crippen molar-refractivity contribution < 1.29 is 0 Å². The summed E-state index contributed by atoms with van der Waals surface area (Å²) in [5.41, 5.74) is 9.93. The number of aryl methyl sites for hydroxylation is 1. The lowest BCUT2D eigenvalue weighted by Gasteiger charge is -2.02. The summed E-state index contributed by atoms with van der Waals surface area (Å²) in [6.45, 7) is 2.72. The molecule has 16 heavy (non-hydrogen) atoms. The maximum atomic E-state index is 5.51. The van der Waals surface area contributed by atoms with Gasteiger partial charge in [0.2, 0.25) is 0 Å². The van der Waals surface area contributed by atoms with Gasteiger partial charge in [0, 0.05) is 22.2 Å². The molecule has 1 heterocycles. The summed E-state index contributed by atoms with van der Waals surface area (Å²) >= 11 is 3.47. The second kappa shape index (κ2) is 4.80. The van der Waals surface area contributed by atoms with E-state index in [0.29, 0.717) is 6.54 Å². The van der Waals surface area contributed by atoms with Gasteiger partial charge in [0.15, 0.2) is 0 Å². The second-order valence-corrected chi connectivity index (χ2v) is 4.69. The van der Waals surface area contributed by atoms with Gasteiger partial charge in [0.25, 0.3) is 0 Å². The molecule has 0 amide bonds. The molecule has 0 atom stereocenters. The van der Waals surface area contributed by atoms with Gasteiger partial charge < -0.3 is 5.73 Å². The van der Waals surface area contributed by atoms with Gasteiger partial charge in [-0.15, -0.1) is 0 Å². The van der Waals surface area contributed by atoms with Crippen LogP contribution in [0, 0.1) is 6.92 Å². The summed E-state index contributed by atoms with van der Waals surface area (Å²) in [4.78, 5) is 0. The zero-order chi connectivity index (χ0) is 11.5. The van der Waals surface area contributed by atoms with Gasteiger partial charge in [0.1, 0.15) is 0 Å². The molecule has 0 bridgehead atoms. The highest BCUT2D eigenvalue weighted by Crippen LogP contribution is 2.25. The molecule has 2 aromatic rings. The maximum absolute atomic E-state index is 5.51. The van der Waals surface area contributed by atoms with Crippen molar-refractivity contribution in [2.24, 2.45) is 5.73 Å². The first-order valence-electron chi connectivity index (χ1n) is 5.21. The molecule has 0 aliphatic carbocycles. The molecule has 1 aromatic heterocycles. The molecule has 0 saturated heterocycles. The number of H-pyrrole nitrogens is 1. The van der Waals surface area contributed by atoms with Crippen LogP contribution in [-0.2, 0) is 6.42 Å². The quantitative estimate of drug-likeness (QED) is 0.908. The largest absolute Gasteiger partial charge is 0.330 e. The van der Waals surface area contributed by atoms with E-state index in [4.69, 9.17) is 5.73 Å². The molecule has 0 unspecified atom stereocenters. The van der Waals surface area contributed by atoms with Crippen LogP contribution in [0.4, 0.5) is 0 Å². The Morgan fingerprint density at radius 3 is 2.94 bits per heavy atom. The number of hydrogen-bond donors (Lipinski definition) is 2. The van der Waals surface area contributed by atoms with Crippen LogP contribution in [0.3, 0.4) is 0 Å². The first-order valence-corrected chi connectivity index (χ1v) is 6.01. The third kappa shape index (κ3) is 2.33. The van der Waals surface area contributed by atoms with Crippen molar-refractivity contribution in [1.82, 2.24) is 10.2 Å². The van der Waals surface area contributed by atoms with Crippen LogP contribution in [0.5, 0.6) is 0 Å². The predicted molar refractivity (Wildman–Crippen MR) is 69.2 cm³/mol. The number of benzene rings is 1. The van der Waals surface area contributed by atoms with Crippen molar-refractivity contribution >= 4 is 15.9 Å². The van der Waals surface area contributed by atoms with Gasteiger partial charge in [-0.3, -0.25) is 5.10 Å². The Balaban J connectivity index is 2.38. The van der Waals surface area contributed by atoms with Crippen molar-refractivity contribution in [3.05, 3.63) is 40.0 Å². The van der Waals surface area contributed by atoms with E-state index in [1.165, 1.54) is 5.56 Å². The van der Waals surface area contributed by atoms with Crippen molar-refractivity contribution in [3.63, 3.8) is 0 Å². The topological polar surface area (TPSA) is 54.7 Å². The summed E-state index contributed by atoms with van der Waals surface area (Å²) in [5, 5.41) is 7.31. The lowest BCUT2D eigenvalue weighted by Crippen LogP contribution is -2.02. The third-order valence-corrected chi connectivity index (χ3v) is 3.01. The molecule has 84 valence electrons. The Morgan fingerprint density at radius 2 is 2.19 bits per heavy atom. The fraction of sp³-hybridized carbons (Fsp3) is 0.250. The van der Waals surface area contributed by atoms with Gasteiger partial charge in [0.05, 0.1) is 5.69 Å². The Labute approximate surface area is 103 Å². The molecule has 0 aliphatic heterocycles. The molecule has 3 nitrogen and oxygen atoms in total. The van der Waals surface area contributed by atoms with Crippen molar-refractivity contribution in [2.75, 3.05) is 6.54 Å². The Kier molecular flexibility index (Phi) is 3.41. The molecule has 0 fully saturated rings. The highest BCUT2D eigenvalue weighted by molar-refractivity contribution is 9.10. The standard InChI is InChI=1S/C12H14BrN3/c1-8-2-3-9(13)6-11(8)12-7-10(4-5-14)15-16-12/h2-3,6-7H,4-5,14H2,1H3,(H,15,16). The first kappa shape index (κ1) is 11.4. The van der Waals surface area contributed by atoms with Gasteiger partial charge in [-0.25, -0.2) is 0 Å². The minimum absolute atomic E-state index is 0.638. The van der Waals surface area contributed by atoms with E-state index in [1.54, 1.807) is 0 Å². The first-order chi connectivity index (χ1) is 7.70. The van der Waals surface area contributed by atoms with Crippen LogP contribution < -0.4 is 5.73 Å². The van der Waals surface area contributed by atoms with Crippen LogP contribution in [0.1, 0.15) is 11.3 Å². The molecule has 0 saturated carbocycles. The molecular weight excluding hydrogens is 266 g/mol. The summed E-state index contributed by atoms with van der Waals surface area (Å²) in [7, 11) is 0. The van der Waals surface area contributed by atoms with Crippen molar-refractivity contribution in [3.8, 4) is 11.3 Å². The molecule has 0 aliphatic rings. The molecule has 0 spiro atoms. The fourth-order valence-corrected chi connectivity index (χ4v) is 2.01. The highest BCUT2D eigenvalue weighted by atomic mass is 79.9. The van der Waals surface area contributed by atoms with Gasteiger partial charge in [-0.2, -0.15) is 5.10 Å². The number of nitrogens with two attached hydrogens (primary N) is 1. The minimum Gasteiger partial charge on any atom is -0.330 e. The summed E-state index contributed by atoms with van der Waals surface area (Å²) in [6, 6.07) is 8.25. The summed E-state index contributed by atoms with van der Waals surface area (Å²) < 4.78 is 1.07. The average Bonchev–Trinajstić information content (AvgIpc) is 2.71. The number of aromatic nitrogens is 2. The summed E-state index contributed by atoms with van der Waals surface area (Å²) in [6.07, 6.45) is 0.833. The van der Waals surface area contributed by atoms with Crippen molar-refractivity contribution in [1.29, 1.82) is 0 Å². The zero-order valence-electron chi connectivity index (χ0n) is 9.13. The number of hydrogen-bond acceptors (Lipinski definition) is 2. The van der Waals surface area contributed by atoms with Crippen LogP contribution in [-0.4, -0.2) is 16.7 Å². The smallest absolute Gasteiger partial charge is 0.0926 e. The Morgan fingerprint density at radius 1 is 1.38 bits per heavy atom. The van der Waals surface area contributed by atoms with Crippen molar-refractivity contribution in [2.45, 2.75) is 13.3 Å². The number of nitrogens with one attached hydrogen (secondary N) is 1. The summed E-state index contributed by atoms with van der Waals surface area (Å²) in [5.74, 6) is 0. The number of nitrogens with zero attached hydrogens (tertiary/aromatic N) is 1. The zero-order valence-corrected chi connectivity index (χ0v) is 10.7. The van der Waals surface area contributed by atoms with Gasteiger partial charge in [-0.05, 0) is 37.2 Å². The van der Waals surface area contributed by atoms with E-state index in [1.807, 2.05) is 6.07 Å². The number of aromatic amines is 1. The lowest BCUT2D eigenvalue weighted by molar-refractivity contribution is 0.902. The molecular formula is C12H14BrN3. The SMILES string of the molecule is Cc1ccc(Br)cc1-c1cc(CCN)[nH]n1. The molecule has 0 radical (unpaired) electrons. The van der Waals surface area contributed by atoms with E-state index in [9.17, 15) is 0 Å².